The summed E-state index contributed by atoms with van der Waals surface area (Å²) in [4.78, 5) is 22.5. The van der Waals surface area contributed by atoms with Crippen LogP contribution in [0, 0.1) is 0 Å². The predicted octanol–water partition coefficient (Wildman–Crippen LogP) is 0.490. The van der Waals surface area contributed by atoms with Crippen molar-refractivity contribution in [2.45, 2.75) is 6.54 Å². The fraction of sp³-hybridized carbons (Fsp3) is 0.182. The van der Waals surface area contributed by atoms with Crippen molar-refractivity contribution in [2.24, 2.45) is 0 Å². The SMILES string of the molecule is COc1nn(CC(=O)O)c(=O)c2ccccc12. The highest BCUT2D eigenvalue weighted by atomic mass is 16.5. The lowest BCUT2D eigenvalue weighted by Gasteiger charge is -2.07. The lowest BCUT2D eigenvalue weighted by Crippen LogP contribution is -2.27. The lowest BCUT2D eigenvalue weighted by atomic mass is 10.2. The normalized spacial score (nSPS) is 10.4. The Morgan fingerprint density at radius 2 is 2.06 bits per heavy atom. The van der Waals surface area contributed by atoms with Crippen molar-refractivity contribution < 1.29 is 14.6 Å². The van der Waals surface area contributed by atoms with Crippen molar-refractivity contribution in [3.8, 4) is 5.88 Å². The van der Waals surface area contributed by atoms with Crippen LogP contribution < -0.4 is 10.3 Å². The number of hydrogen-bond donors (Lipinski definition) is 1. The van der Waals surface area contributed by atoms with E-state index in [1.807, 2.05) is 0 Å². The van der Waals surface area contributed by atoms with E-state index in [-0.39, 0.29) is 5.88 Å². The molecule has 0 radical (unpaired) electrons. The molecule has 6 nitrogen and oxygen atoms in total. The van der Waals surface area contributed by atoms with Gasteiger partial charge in [0.2, 0.25) is 5.88 Å². The van der Waals surface area contributed by atoms with Gasteiger partial charge in [-0.1, -0.05) is 12.1 Å². The summed E-state index contributed by atoms with van der Waals surface area (Å²) in [5, 5.41) is 13.5. The molecule has 88 valence electrons. The third-order valence-electron chi connectivity index (χ3n) is 2.31. The van der Waals surface area contributed by atoms with Crippen LogP contribution in [0.5, 0.6) is 5.88 Å². The van der Waals surface area contributed by atoms with Crippen LogP contribution in [0.3, 0.4) is 0 Å². The molecule has 1 heterocycles. The van der Waals surface area contributed by atoms with Crippen LogP contribution >= 0.6 is 0 Å². The number of rotatable bonds is 3. The number of hydrogen-bond acceptors (Lipinski definition) is 4. The number of nitrogens with zero attached hydrogens (tertiary/aromatic N) is 2. The summed E-state index contributed by atoms with van der Waals surface area (Å²) in [6.45, 7) is -0.486. The maximum absolute atomic E-state index is 11.9. The van der Waals surface area contributed by atoms with Gasteiger partial charge in [0, 0.05) is 0 Å². The van der Waals surface area contributed by atoms with Crippen molar-refractivity contribution in [1.82, 2.24) is 9.78 Å². The van der Waals surface area contributed by atoms with Crippen LogP contribution in [0.15, 0.2) is 29.1 Å². The number of carboxylic acids is 1. The summed E-state index contributed by atoms with van der Waals surface area (Å²) in [7, 11) is 1.42. The number of carboxylic acid groups (broad SMARTS) is 1. The average molecular weight is 234 g/mol. The van der Waals surface area contributed by atoms with E-state index in [1.54, 1.807) is 24.3 Å². The quantitative estimate of drug-likeness (QED) is 0.835. The van der Waals surface area contributed by atoms with Crippen LogP contribution in [0.1, 0.15) is 0 Å². The second kappa shape index (κ2) is 4.25. The molecule has 0 atom stereocenters. The molecule has 1 aromatic heterocycles. The predicted molar refractivity (Wildman–Crippen MR) is 60.2 cm³/mol. The van der Waals surface area contributed by atoms with E-state index in [4.69, 9.17) is 9.84 Å². The molecule has 0 spiro atoms. The highest BCUT2D eigenvalue weighted by molar-refractivity contribution is 5.85. The summed E-state index contributed by atoms with van der Waals surface area (Å²) in [6.07, 6.45) is 0. The van der Waals surface area contributed by atoms with Gasteiger partial charge >= 0.3 is 5.97 Å². The van der Waals surface area contributed by atoms with Crippen molar-refractivity contribution in [3.63, 3.8) is 0 Å². The number of aliphatic carboxylic acids is 1. The first-order chi connectivity index (χ1) is 8.13. The minimum atomic E-state index is -1.13. The van der Waals surface area contributed by atoms with E-state index in [1.165, 1.54) is 7.11 Å². The minimum Gasteiger partial charge on any atom is -0.480 e. The van der Waals surface area contributed by atoms with Gasteiger partial charge in [0.15, 0.2) is 0 Å². The largest absolute Gasteiger partial charge is 0.480 e. The molecule has 2 aromatic rings. The van der Waals surface area contributed by atoms with Gasteiger partial charge < -0.3 is 9.84 Å². The zero-order valence-electron chi connectivity index (χ0n) is 9.08. The van der Waals surface area contributed by atoms with Gasteiger partial charge in [-0.05, 0) is 12.1 Å². The van der Waals surface area contributed by atoms with E-state index < -0.39 is 18.1 Å². The zero-order chi connectivity index (χ0) is 12.4. The van der Waals surface area contributed by atoms with E-state index in [0.717, 1.165) is 4.68 Å². The molecule has 0 aliphatic heterocycles. The van der Waals surface area contributed by atoms with Crippen molar-refractivity contribution in [2.75, 3.05) is 7.11 Å². The average Bonchev–Trinajstić information content (AvgIpc) is 2.32. The van der Waals surface area contributed by atoms with Crippen molar-refractivity contribution >= 4 is 16.7 Å². The Bertz CT molecular complexity index is 633. The smallest absolute Gasteiger partial charge is 0.325 e. The fourth-order valence-corrected chi connectivity index (χ4v) is 1.59. The third-order valence-corrected chi connectivity index (χ3v) is 2.31. The molecule has 0 bridgehead atoms. The molecule has 0 aliphatic rings. The molecule has 0 fully saturated rings. The highest BCUT2D eigenvalue weighted by Gasteiger charge is 2.11. The van der Waals surface area contributed by atoms with Crippen molar-refractivity contribution in [3.05, 3.63) is 34.6 Å². The van der Waals surface area contributed by atoms with Gasteiger partial charge in [-0.25, -0.2) is 4.68 Å². The Kier molecular flexibility index (Phi) is 2.78. The van der Waals surface area contributed by atoms with Gasteiger partial charge in [0.05, 0.1) is 17.9 Å². The highest BCUT2D eigenvalue weighted by Crippen LogP contribution is 2.18. The van der Waals surface area contributed by atoms with Crippen LogP contribution in [0.2, 0.25) is 0 Å². The van der Waals surface area contributed by atoms with E-state index in [2.05, 4.69) is 5.10 Å². The summed E-state index contributed by atoms with van der Waals surface area (Å²) in [5.41, 5.74) is -0.441. The van der Waals surface area contributed by atoms with Gasteiger partial charge in [0.25, 0.3) is 5.56 Å². The molecule has 0 aliphatic carbocycles. The van der Waals surface area contributed by atoms with Gasteiger partial charge in [-0.2, -0.15) is 0 Å². The number of methoxy groups -OCH3 is 1. The van der Waals surface area contributed by atoms with Gasteiger partial charge in [-0.15, -0.1) is 5.10 Å². The Hall–Kier alpha value is -2.37. The first kappa shape index (κ1) is 11.1. The second-order valence-electron chi connectivity index (χ2n) is 3.41. The Balaban J connectivity index is 2.76. The Labute approximate surface area is 96.1 Å². The monoisotopic (exact) mass is 234 g/mol. The molecule has 0 saturated carbocycles. The molecule has 17 heavy (non-hydrogen) atoms. The van der Waals surface area contributed by atoms with Gasteiger partial charge in [-0.3, -0.25) is 9.59 Å². The minimum absolute atomic E-state index is 0.237. The molecule has 2 rings (SSSR count). The molecular weight excluding hydrogens is 224 g/mol. The first-order valence-electron chi connectivity index (χ1n) is 4.89. The Morgan fingerprint density at radius 3 is 2.65 bits per heavy atom. The molecule has 0 amide bonds. The number of fused-ring (bicyclic) bond motifs is 1. The maximum Gasteiger partial charge on any atom is 0.325 e. The van der Waals surface area contributed by atoms with Crippen LogP contribution in [-0.2, 0) is 11.3 Å². The van der Waals surface area contributed by atoms with Crippen LogP contribution in [-0.4, -0.2) is 28.0 Å². The number of aromatic nitrogens is 2. The van der Waals surface area contributed by atoms with E-state index >= 15 is 0 Å². The number of ether oxygens (including phenoxy) is 1. The molecule has 1 aromatic carbocycles. The molecule has 0 unspecified atom stereocenters. The summed E-state index contributed by atoms with van der Waals surface area (Å²) in [6, 6.07) is 6.77. The maximum atomic E-state index is 11.9. The molecule has 0 saturated heterocycles. The van der Waals surface area contributed by atoms with Crippen LogP contribution in [0.4, 0.5) is 0 Å². The lowest BCUT2D eigenvalue weighted by molar-refractivity contribution is -0.138. The van der Waals surface area contributed by atoms with Crippen molar-refractivity contribution in [1.29, 1.82) is 0 Å². The fourth-order valence-electron chi connectivity index (χ4n) is 1.59. The molecular formula is C11H10N2O4. The number of carbonyl (C=O) groups is 1. The van der Waals surface area contributed by atoms with E-state index in [0.29, 0.717) is 10.8 Å². The summed E-state index contributed by atoms with van der Waals surface area (Å²) < 4.78 is 5.92. The first-order valence-corrected chi connectivity index (χ1v) is 4.89. The van der Waals surface area contributed by atoms with Crippen LogP contribution in [0.25, 0.3) is 10.8 Å². The topological polar surface area (TPSA) is 81.4 Å². The Morgan fingerprint density at radius 1 is 1.41 bits per heavy atom. The summed E-state index contributed by atoms with van der Waals surface area (Å²) in [5.74, 6) is -0.890. The summed E-state index contributed by atoms with van der Waals surface area (Å²) >= 11 is 0. The number of benzene rings is 1. The zero-order valence-corrected chi connectivity index (χ0v) is 9.08. The van der Waals surface area contributed by atoms with E-state index in [9.17, 15) is 9.59 Å². The standard InChI is InChI=1S/C11H10N2O4/c1-17-10-7-4-2-3-5-8(7)11(16)13(12-10)6-9(14)15/h2-5H,6H2,1H3,(H,14,15). The third kappa shape index (κ3) is 1.96. The molecule has 6 heteroatoms. The van der Waals surface area contributed by atoms with Gasteiger partial charge in [0.1, 0.15) is 6.54 Å². The molecule has 1 N–H and O–H groups in total. The second-order valence-corrected chi connectivity index (χ2v) is 3.41.